The van der Waals surface area contributed by atoms with Crippen LogP contribution in [0.1, 0.15) is 39.5 Å². The summed E-state index contributed by atoms with van der Waals surface area (Å²) < 4.78 is 5.27. The molecular weight excluding hydrogens is 202 g/mol. The van der Waals surface area contributed by atoms with Crippen LogP contribution in [0.15, 0.2) is 0 Å². The van der Waals surface area contributed by atoms with Gasteiger partial charge in [-0.05, 0) is 37.6 Å². The van der Waals surface area contributed by atoms with Crippen LogP contribution in [0.25, 0.3) is 0 Å². The minimum atomic E-state index is 0.231. The van der Waals surface area contributed by atoms with Crippen molar-refractivity contribution in [3.8, 4) is 0 Å². The van der Waals surface area contributed by atoms with Crippen molar-refractivity contribution in [2.45, 2.75) is 39.5 Å². The van der Waals surface area contributed by atoms with Gasteiger partial charge in [0.15, 0.2) is 0 Å². The summed E-state index contributed by atoms with van der Waals surface area (Å²) in [6.45, 7) is 6.48. The highest BCUT2D eigenvalue weighted by Crippen LogP contribution is 2.22. The molecule has 0 radical (unpaired) electrons. The third kappa shape index (κ3) is 4.62. The Morgan fingerprint density at radius 2 is 2.00 bits per heavy atom. The summed E-state index contributed by atoms with van der Waals surface area (Å²) in [7, 11) is 0. The highest BCUT2D eigenvalue weighted by Gasteiger charge is 2.24. The first-order valence-corrected chi connectivity index (χ1v) is 6.44. The summed E-state index contributed by atoms with van der Waals surface area (Å²) in [6.07, 6.45) is 3.53. The first-order chi connectivity index (χ1) is 7.63. The summed E-state index contributed by atoms with van der Waals surface area (Å²) in [5, 5.41) is 0. The number of rotatable bonds is 6. The number of carbonyl (C=O) groups is 1. The van der Waals surface area contributed by atoms with E-state index in [4.69, 9.17) is 10.5 Å². The predicted molar refractivity (Wildman–Crippen MR) is 65.2 cm³/mol. The maximum Gasteiger partial charge on any atom is 0.136 e. The van der Waals surface area contributed by atoms with E-state index in [0.717, 1.165) is 32.5 Å². The van der Waals surface area contributed by atoms with E-state index in [1.54, 1.807) is 0 Å². The van der Waals surface area contributed by atoms with Gasteiger partial charge in [0.25, 0.3) is 0 Å². The molecule has 3 nitrogen and oxygen atoms in total. The zero-order valence-electron chi connectivity index (χ0n) is 10.6. The lowest BCUT2D eigenvalue weighted by Crippen LogP contribution is -2.27. The number of ketones is 1. The molecule has 1 atom stereocenters. The average Bonchev–Trinajstić information content (AvgIpc) is 2.28. The van der Waals surface area contributed by atoms with Gasteiger partial charge in [0.1, 0.15) is 5.78 Å². The molecule has 0 aromatic heterocycles. The first-order valence-electron chi connectivity index (χ1n) is 6.44. The monoisotopic (exact) mass is 227 g/mol. The molecule has 1 unspecified atom stereocenters. The number of nitrogens with two attached hydrogens (primary N) is 1. The second-order valence-electron chi connectivity index (χ2n) is 5.29. The Hall–Kier alpha value is -0.410. The molecule has 1 heterocycles. The van der Waals surface area contributed by atoms with Gasteiger partial charge in [0, 0.05) is 25.6 Å². The molecule has 0 saturated carbocycles. The summed E-state index contributed by atoms with van der Waals surface area (Å²) in [6, 6.07) is 0. The lowest BCUT2D eigenvalue weighted by Gasteiger charge is -2.23. The summed E-state index contributed by atoms with van der Waals surface area (Å²) >= 11 is 0. The van der Waals surface area contributed by atoms with Crippen molar-refractivity contribution in [2.75, 3.05) is 19.8 Å². The second kappa shape index (κ2) is 7.02. The van der Waals surface area contributed by atoms with Gasteiger partial charge in [0.05, 0.1) is 0 Å². The average molecular weight is 227 g/mol. The topological polar surface area (TPSA) is 52.3 Å². The molecule has 1 saturated heterocycles. The molecule has 0 amide bonds. The van der Waals surface area contributed by atoms with Crippen molar-refractivity contribution < 1.29 is 9.53 Å². The SMILES string of the molecule is CC(C)CC(CN)CC(=O)C1CCOCC1. The fourth-order valence-electron chi connectivity index (χ4n) is 2.40. The standard InChI is InChI=1S/C13H25NO2/c1-10(2)7-11(9-14)8-13(15)12-3-5-16-6-4-12/h10-12H,3-9,14H2,1-2H3. The molecule has 0 bridgehead atoms. The third-order valence-electron chi connectivity index (χ3n) is 3.30. The van der Waals surface area contributed by atoms with Crippen molar-refractivity contribution in [3.63, 3.8) is 0 Å². The normalized spacial score (nSPS) is 20.0. The van der Waals surface area contributed by atoms with E-state index in [2.05, 4.69) is 13.8 Å². The Balaban J connectivity index is 2.35. The molecule has 1 aliphatic rings. The van der Waals surface area contributed by atoms with Crippen LogP contribution < -0.4 is 5.73 Å². The van der Waals surface area contributed by atoms with E-state index in [0.29, 0.717) is 30.6 Å². The summed E-state index contributed by atoms with van der Waals surface area (Å²) in [4.78, 5) is 12.0. The van der Waals surface area contributed by atoms with E-state index in [9.17, 15) is 4.79 Å². The number of hydrogen-bond acceptors (Lipinski definition) is 3. The van der Waals surface area contributed by atoms with E-state index in [1.165, 1.54) is 0 Å². The lowest BCUT2D eigenvalue weighted by molar-refractivity contribution is -0.126. The molecule has 1 fully saturated rings. The van der Waals surface area contributed by atoms with Crippen LogP contribution in [0.4, 0.5) is 0 Å². The fraction of sp³-hybridized carbons (Fsp3) is 0.923. The molecule has 1 rings (SSSR count). The van der Waals surface area contributed by atoms with Crippen molar-refractivity contribution in [1.29, 1.82) is 0 Å². The van der Waals surface area contributed by atoms with Crippen molar-refractivity contribution in [3.05, 3.63) is 0 Å². The van der Waals surface area contributed by atoms with Crippen molar-refractivity contribution in [1.82, 2.24) is 0 Å². The maximum atomic E-state index is 12.0. The van der Waals surface area contributed by atoms with Gasteiger partial charge in [-0.3, -0.25) is 4.79 Å². The molecule has 16 heavy (non-hydrogen) atoms. The Kier molecular flexibility index (Phi) is 5.99. The second-order valence-corrected chi connectivity index (χ2v) is 5.29. The molecule has 1 aliphatic heterocycles. The highest BCUT2D eigenvalue weighted by molar-refractivity contribution is 5.81. The number of Topliss-reactive ketones (excluding diaryl/α,β-unsaturated/α-hetero) is 1. The van der Waals surface area contributed by atoms with Gasteiger partial charge in [-0.2, -0.15) is 0 Å². The van der Waals surface area contributed by atoms with Crippen LogP contribution in [0.5, 0.6) is 0 Å². The van der Waals surface area contributed by atoms with Crippen LogP contribution in [-0.4, -0.2) is 25.5 Å². The molecule has 3 heteroatoms. The van der Waals surface area contributed by atoms with E-state index in [1.807, 2.05) is 0 Å². The van der Waals surface area contributed by atoms with Crippen LogP contribution >= 0.6 is 0 Å². The minimum Gasteiger partial charge on any atom is -0.381 e. The first kappa shape index (κ1) is 13.7. The summed E-state index contributed by atoms with van der Waals surface area (Å²) in [5.74, 6) is 1.63. The van der Waals surface area contributed by atoms with Gasteiger partial charge in [0.2, 0.25) is 0 Å². The quantitative estimate of drug-likeness (QED) is 0.755. The lowest BCUT2D eigenvalue weighted by atomic mass is 9.86. The van der Waals surface area contributed by atoms with Crippen LogP contribution in [0.2, 0.25) is 0 Å². The van der Waals surface area contributed by atoms with Gasteiger partial charge in [-0.1, -0.05) is 13.8 Å². The third-order valence-corrected chi connectivity index (χ3v) is 3.30. The van der Waals surface area contributed by atoms with E-state index >= 15 is 0 Å². The fourth-order valence-corrected chi connectivity index (χ4v) is 2.40. The van der Waals surface area contributed by atoms with Gasteiger partial charge < -0.3 is 10.5 Å². The predicted octanol–water partition coefficient (Wildman–Crippen LogP) is 1.99. The Morgan fingerprint density at radius 3 is 2.50 bits per heavy atom. The Labute approximate surface area is 98.7 Å². The van der Waals surface area contributed by atoms with Crippen LogP contribution in [0, 0.1) is 17.8 Å². The van der Waals surface area contributed by atoms with E-state index < -0.39 is 0 Å². The zero-order valence-corrected chi connectivity index (χ0v) is 10.6. The number of ether oxygens (including phenoxy) is 1. The van der Waals surface area contributed by atoms with Gasteiger partial charge in [-0.15, -0.1) is 0 Å². The molecule has 0 aromatic rings. The van der Waals surface area contributed by atoms with Crippen molar-refractivity contribution >= 4 is 5.78 Å². The van der Waals surface area contributed by atoms with E-state index in [-0.39, 0.29) is 5.92 Å². The smallest absolute Gasteiger partial charge is 0.136 e. The molecule has 94 valence electrons. The molecule has 0 aromatic carbocycles. The maximum absolute atomic E-state index is 12.0. The van der Waals surface area contributed by atoms with Crippen molar-refractivity contribution in [2.24, 2.45) is 23.5 Å². The Morgan fingerprint density at radius 1 is 1.38 bits per heavy atom. The molecule has 0 spiro atoms. The van der Waals surface area contributed by atoms with Crippen LogP contribution in [0.3, 0.4) is 0 Å². The number of hydrogen-bond donors (Lipinski definition) is 1. The van der Waals surface area contributed by atoms with Gasteiger partial charge in [-0.25, -0.2) is 0 Å². The highest BCUT2D eigenvalue weighted by atomic mass is 16.5. The zero-order chi connectivity index (χ0) is 12.0. The minimum absolute atomic E-state index is 0.231. The summed E-state index contributed by atoms with van der Waals surface area (Å²) in [5.41, 5.74) is 5.72. The van der Waals surface area contributed by atoms with Gasteiger partial charge >= 0.3 is 0 Å². The van der Waals surface area contributed by atoms with Crippen LogP contribution in [-0.2, 0) is 9.53 Å². The largest absolute Gasteiger partial charge is 0.381 e. The molecule has 2 N–H and O–H groups in total. The molecular formula is C13H25NO2. The number of carbonyl (C=O) groups excluding carboxylic acids is 1. The molecule has 0 aliphatic carbocycles. The Bertz CT molecular complexity index is 210.